The summed E-state index contributed by atoms with van der Waals surface area (Å²) in [6, 6.07) is 11.3. The van der Waals surface area contributed by atoms with E-state index >= 15 is 0 Å². The van der Waals surface area contributed by atoms with Crippen LogP contribution in [0, 0.1) is 5.92 Å². The molecule has 0 bridgehead atoms. The lowest BCUT2D eigenvalue weighted by Crippen LogP contribution is -2.45. The third-order valence-electron chi connectivity index (χ3n) is 4.71. The molecule has 0 spiro atoms. The molecule has 2 aromatic rings. The van der Waals surface area contributed by atoms with Gasteiger partial charge in [-0.15, -0.1) is 0 Å². The Labute approximate surface area is 148 Å². The molecule has 3 rings (SSSR count). The minimum absolute atomic E-state index is 0.0238. The number of benzene rings is 1. The predicted octanol–water partition coefficient (Wildman–Crippen LogP) is 2.89. The molecule has 1 fully saturated rings. The molecule has 1 saturated heterocycles. The van der Waals surface area contributed by atoms with E-state index in [4.69, 9.17) is 4.74 Å². The molecular weight excluding hydrogens is 316 g/mol. The van der Waals surface area contributed by atoms with Crippen LogP contribution in [-0.4, -0.2) is 40.1 Å². The van der Waals surface area contributed by atoms with Crippen molar-refractivity contribution in [3.63, 3.8) is 0 Å². The van der Waals surface area contributed by atoms with Gasteiger partial charge in [0.05, 0.1) is 0 Å². The van der Waals surface area contributed by atoms with Crippen LogP contribution in [-0.2, 0) is 6.61 Å². The first-order chi connectivity index (χ1) is 12.2. The van der Waals surface area contributed by atoms with E-state index in [9.17, 15) is 9.90 Å². The number of amides is 1. The molecule has 2 heterocycles. The fraction of sp³-hybridized carbons (Fsp3) is 0.400. The second kappa shape index (κ2) is 8.12. The average Bonchev–Trinajstić information content (AvgIpc) is 2.67. The Morgan fingerprint density at radius 3 is 2.96 bits per heavy atom. The number of hydrogen-bond acceptors (Lipinski definition) is 4. The highest BCUT2D eigenvalue weighted by atomic mass is 16.5. The zero-order chi connectivity index (χ0) is 17.6. The lowest BCUT2D eigenvalue weighted by Gasteiger charge is -2.37. The number of ether oxygens (including phenoxy) is 1. The summed E-state index contributed by atoms with van der Waals surface area (Å²) in [5, 5.41) is 9.32. The van der Waals surface area contributed by atoms with E-state index in [1.54, 1.807) is 18.5 Å². The maximum Gasteiger partial charge on any atom is 0.254 e. The average molecular weight is 340 g/mol. The number of aliphatic hydroxyl groups is 1. The van der Waals surface area contributed by atoms with Crippen molar-refractivity contribution in [3.8, 4) is 5.75 Å². The number of rotatable bonds is 5. The Bertz CT molecular complexity index is 705. The van der Waals surface area contributed by atoms with Gasteiger partial charge in [0.1, 0.15) is 12.4 Å². The summed E-state index contributed by atoms with van der Waals surface area (Å²) >= 11 is 0. The fourth-order valence-electron chi connectivity index (χ4n) is 3.27. The largest absolute Gasteiger partial charge is 0.489 e. The lowest BCUT2D eigenvalue weighted by molar-refractivity contribution is 0.0514. The van der Waals surface area contributed by atoms with Crippen LogP contribution in [0.4, 0.5) is 0 Å². The van der Waals surface area contributed by atoms with Gasteiger partial charge < -0.3 is 14.7 Å². The lowest BCUT2D eigenvalue weighted by atomic mass is 9.92. The molecule has 0 unspecified atom stereocenters. The van der Waals surface area contributed by atoms with Gasteiger partial charge >= 0.3 is 0 Å². The number of carbonyl (C=O) groups is 1. The molecule has 1 aromatic heterocycles. The Morgan fingerprint density at radius 2 is 2.24 bits per heavy atom. The summed E-state index contributed by atoms with van der Waals surface area (Å²) in [6.45, 7) is 3.35. The number of aliphatic hydroxyl groups excluding tert-OH is 1. The summed E-state index contributed by atoms with van der Waals surface area (Å²) in [4.78, 5) is 18.8. The Hall–Kier alpha value is -2.40. The van der Waals surface area contributed by atoms with E-state index in [-0.39, 0.29) is 18.6 Å². The molecule has 5 heteroatoms. The predicted molar refractivity (Wildman–Crippen MR) is 95.3 cm³/mol. The first-order valence-corrected chi connectivity index (χ1v) is 8.71. The van der Waals surface area contributed by atoms with E-state index in [1.807, 2.05) is 42.2 Å². The van der Waals surface area contributed by atoms with Gasteiger partial charge in [-0.05, 0) is 49.9 Å². The van der Waals surface area contributed by atoms with Crippen LogP contribution in [0.15, 0.2) is 48.8 Å². The molecule has 1 aliphatic heterocycles. The SMILES string of the molecule is C[C@H]1C[C@@H](CO)CCN1C(=O)c1cccc(OCc2cccnc2)c1. The molecule has 5 nitrogen and oxygen atoms in total. The molecule has 0 saturated carbocycles. The van der Waals surface area contributed by atoms with E-state index in [0.29, 0.717) is 30.4 Å². The third-order valence-corrected chi connectivity index (χ3v) is 4.71. The second-order valence-electron chi connectivity index (χ2n) is 6.60. The molecule has 1 aliphatic rings. The van der Waals surface area contributed by atoms with Crippen LogP contribution >= 0.6 is 0 Å². The van der Waals surface area contributed by atoms with Crippen LogP contribution < -0.4 is 4.74 Å². The smallest absolute Gasteiger partial charge is 0.254 e. The van der Waals surface area contributed by atoms with Gasteiger partial charge in [-0.25, -0.2) is 0 Å². The molecule has 1 N–H and O–H groups in total. The molecule has 25 heavy (non-hydrogen) atoms. The van der Waals surface area contributed by atoms with E-state index in [1.165, 1.54) is 0 Å². The first kappa shape index (κ1) is 17.4. The van der Waals surface area contributed by atoms with Gasteiger partial charge in [-0.2, -0.15) is 0 Å². The van der Waals surface area contributed by atoms with Crippen LogP contribution in [0.25, 0.3) is 0 Å². The number of nitrogens with zero attached hydrogens (tertiary/aromatic N) is 2. The Morgan fingerprint density at radius 1 is 1.36 bits per heavy atom. The van der Waals surface area contributed by atoms with Crippen LogP contribution in [0.5, 0.6) is 5.75 Å². The maximum atomic E-state index is 12.8. The standard InChI is InChI=1S/C20H24N2O3/c1-15-10-16(13-23)7-9-22(15)20(24)18-5-2-6-19(11-18)25-14-17-4-3-8-21-12-17/h2-6,8,11-12,15-16,23H,7,9-10,13-14H2,1H3/t15-,16-/m0/s1. The van der Waals surface area contributed by atoms with E-state index in [2.05, 4.69) is 4.98 Å². The number of piperidine rings is 1. The summed E-state index contributed by atoms with van der Waals surface area (Å²) in [5.74, 6) is 0.997. The summed E-state index contributed by atoms with van der Waals surface area (Å²) < 4.78 is 5.79. The van der Waals surface area contributed by atoms with Crippen molar-refractivity contribution in [2.45, 2.75) is 32.4 Å². The van der Waals surface area contributed by atoms with Crippen molar-refractivity contribution in [3.05, 3.63) is 59.9 Å². The van der Waals surface area contributed by atoms with Crippen LogP contribution in [0.1, 0.15) is 35.7 Å². The zero-order valence-electron chi connectivity index (χ0n) is 14.5. The molecule has 0 aliphatic carbocycles. The molecular formula is C20H24N2O3. The van der Waals surface area contributed by atoms with Gasteiger partial charge in [-0.1, -0.05) is 12.1 Å². The topological polar surface area (TPSA) is 62.7 Å². The second-order valence-corrected chi connectivity index (χ2v) is 6.60. The monoisotopic (exact) mass is 340 g/mol. The molecule has 132 valence electrons. The van der Waals surface area contributed by atoms with Crippen molar-refractivity contribution in [2.24, 2.45) is 5.92 Å². The van der Waals surface area contributed by atoms with Gasteiger partial charge in [0.25, 0.3) is 5.91 Å². The maximum absolute atomic E-state index is 12.8. The summed E-state index contributed by atoms with van der Waals surface area (Å²) in [6.07, 6.45) is 5.19. The fourth-order valence-corrected chi connectivity index (χ4v) is 3.27. The number of carbonyl (C=O) groups excluding carboxylic acids is 1. The van der Waals surface area contributed by atoms with Crippen molar-refractivity contribution in [1.29, 1.82) is 0 Å². The molecule has 2 atom stereocenters. The van der Waals surface area contributed by atoms with Gasteiger partial charge in [-0.3, -0.25) is 9.78 Å². The van der Waals surface area contributed by atoms with Crippen molar-refractivity contribution in [1.82, 2.24) is 9.88 Å². The molecule has 1 amide bonds. The number of aromatic nitrogens is 1. The highest BCUT2D eigenvalue weighted by Crippen LogP contribution is 2.25. The number of pyridine rings is 1. The quantitative estimate of drug-likeness (QED) is 0.909. The molecule has 0 radical (unpaired) electrons. The van der Waals surface area contributed by atoms with Crippen LogP contribution in [0.3, 0.4) is 0 Å². The number of likely N-dealkylation sites (tertiary alicyclic amines) is 1. The normalized spacial score (nSPS) is 20.3. The van der Waals surface area contributed by atoms with Gasteiger partial charge in [0.15, 0.2) is 0 Å². The summed E-state index contributed by atoms with van der Waals surface area (Å²) in [5.41, 5.74) is 1.62. The molecule has 1 aromatic carbocycles. The van der Waals surface area contributed by atoms with Crippen LogP contribution in [0.2, 0.25) is 0 Å². The minimum atomic E-state index is 0.0238. The third kappa shape index (κ3) is 4.37. The van der Waals surface area contributed by atoms with Crippen molar-refractivity contribution in [2.75, 3.05) is 13.2 Å². The Balaban J connectivity index is 1.65. The van der Waals surface area contributed by atoms with Gasteiger partial charge in [0, 0.05) is 42.7 Å². The van der Waals surface area contributed by atoms with Crippen molar-refractivity contribution < 1.29 is 14.6 Å². The number of hydrogen-bond donors (Lipinski definition) is 1. The highest BCUT2D eigenvalue weighted by Gasteiger charge is 2.29. The summed E-state index contributed by atoms with van der Waals surface area (Å²) in [7, 11) is 0. The van der Waals surface area contributed by atoms with E-state index in [0.717, 1.165) is 18.4 Å². The zero-order valence-corrected chi connectivity index (χ0v) is 14.5. The van der Waals surface area contributed by atoms with E-state index < -0.39 is 0 Å². The highest BCUT2D eigenvalue weighted by molar-refractivity contribution is 5.94. The Kier molecular flexibility index (Phi) is 5.66. The first-order valence-electron chi connectivity index (χ1n) is 8.71. The minimum Gasteiger partial charge on any atom is -0.489 e. The van der Waals surface area contributed by atoms with Crippen molar-refractivity contribution >= 4 is 5.91 Å². The van der Waals surface area contributed by atoms with Gasteiger partial charge in [0.2, 0.25) is 0 Å².